The molecule has 0 saturated carbocycles. The van der Waals surface area contributed by atoms with Crippen molar-refractivity contribution in [3.05, 3.63) is 49.9 Å². The third-order valence-corrected chi connectivity index (χ3v) is 6.11. The zero-order valence-electron chi connectivity index (χ0n) is 15.6. The van der Waals surface area contributed by atoms with Crippen LogP contribution in [0.1, 0.15) is 48.3 Å². The van der Waals surface area contributed by atoms with Crippen LogP contribution in [0.4, 0.5) is 16.4 Å². The molecular formula is C20H22N4O2S. The lowest BCUT2D eigenvalue weighted by atomic mass is 9.96. The minimum atomic E-state index is -0.395. The first-order valence-electron chi connectivity index (χ1n) is 9.21. The van der Waals surface area contributed by atoms with Gasteiger partial charge in [0.05, 0.1) is 10.5 Å². The third-order valence-electron chi connectivity index (χ3n) is 4.91. The second-order valence-corrected chi connectivity index (χ2v) is 7.52. The fourth-order valence-corrected chi connectivity index (χ4v) is 4.68. The lowest BCUT2D eigenvalue weighted by Gasteiger charge is -2.22. The Morgan fingerprint density at radius 3 is 2.74 bits per heavy atom. The fraction of sp³-hybridized carbons (Fsp3) is 0.400. The summed E-state index contributed by atoms with van der Waals surface area (Å²) in [6, 6.07) is 7.16. The monoisotopic (exact) mass is 382 g/mol. The molecule has 1 aromatic heterocycles. The first-order chi connectivity index (χ1) is 13.1. The summed E-state index contributed by atoms with van der Waals surface area (Å²) in [6.07, 6.45) is 5.87. The standard InChI is InChI=1S/C20H22N4O2S/c1-3-23(4-2)18-10-9-15(24(25)26)11-14(18)13-22-20-17(12-21)16-7-5-6-8-19(16)27-20/h9-11,13H,3-8H2,1-2H3. The molecule has 0 bridgehead atoms. The van der Waals surface area contributed by atoms with Gasteiger partial charge in [0.15, 0.2) is 0 Å². The van der Waals surface area contributed by atoms with Gasteiger partial charge in [0, 0.05) is 47.6 Å². The van der Waals surface area contributed by atoms with E-state index in [0.717, 1.165) is 50.0 Å². The van der Waals surface area contributed by atoms with Gasteiger partial charge in [0.2, 0.25) is 0 Å². The molecule has 6 nitrogen and oxygen atoms in total. The van der Waals surface area contributed by atoms with Crippen LogP contribution in [0.3, 0.4) is 0 Å². The Hall–Kier alpha value is -2.72. The fourth-order valence-electron chi connectivity index (χ4n) is 3.50. The summed E-state index contributed by atoms with van der Waals surface area (Å²) in [5, 5.41) is 21.5. The number of hydrogen-bond donors (Lipinski definition) is 0. The Morgan fingerprint density at radius 1 is 1.33 bits per heavy atom. The maximum atomic E-state index is 11.2. The van der Waals surface area contributed by atoms with Crippen molar-refractivity contribution in [2.45, 2.75) is 39.5 Å². The Morgan fingerprint density at radius 2 is 2.07 bits per heavy atom. The maximum absolute atomic E-state index is 11.2. The minimum absolute atomic E-state index is 0.0401. The van der Waals surface area contributed by atoms with Crippen LogP contribution in [-0.4, -0.2) is 24.2 Å². The Balaban J connectivity index is 2.04. The van der Waals surface area contributed by atoms with E-state index >= 15 is 0 Å². The van der Waals surface area contributed by atoms with E-state index in [1.807, 2.05) is 13.8 Å². The molecule has 0 spiro atoms. The molecule has 0 aliphatic heterocycles. The van der Waals surface area contributed by atoms with Gasteiger partial charge in [-0.3, -0.25) is 10.1 Å². The van der Waals surface area contributed by atoms with Crippen LogP contribution in [0.25, 0.3) is 0 Å². The summed E-state index contributed by atoms with van der Waals surface area (Å²) >= 11 is 1.57. The second-order valence-electron chi connectivity index (χ2n) is 6.43. The zero-order valence-corrected chi connectivity index (χ0v) is 16.4. The van der Waals surface area contributed by atoms with Crippen molar-refractivity contribution in [3.8, 4) is 6.07 Å². The van der Waals surface area contributed by atoms with E-state index in [4.69, 9.17) is 0 Å². The van der Waals surface area contributed by atoms with E-state index in [1.165, 1.54) is 10.9 Å². The number of hydrogen-bond acceptors (Lipinski definition) is 6. The molecule has 3 rings (SSSR count). The van der Waals surface area contributed by atoms with Gasteiger partial charge in [-0.1, -0.05) is 0 Å². The Labute approximate surface area is 162 Å². The van der Waals surface area contributed by atoms with E-state index in [-0.39, 0.29) is 5.69 Å². The lowest BCUT2D eigenvalue weighted by molar-refractivity contribution is -0.384. The minimum Gasteiger partial charge on any atom is -0.372 e. The Bertz CT molecular complexity index is 923. The predicted molar refractivity (Wildman–Crippen MR) is 110 cm³/mol. The highest BCUT2D eigenvalue weighted by Crippen LogP contribution is 2.39. The normalized spacial score (nSPS) is 13.4. The molecule has 0 N–H and O–H groups in total. The number of rotatable bonds is 6. The van der Waals surface area contributed by atoms with Crippen molar-refractivity contribution in [3.63, 3.8) is 0 Å². The molecule has 1 heterocycles. The maximum Gasteiger partial charge on any atom is 0.270 e. The highest BCUT2D eigenvalue weighted by molar-refractivity contribution is 7.16. The van der Waals surface area contributed by atoms with Gasteiger partial charge < -0.3 is 4.90 Å². The molecule has 2 aromatic rings. The molecular weight excluding hydrogens is 360 g/mol. The van der Waals surface area contributed by atoms with Gasteiger partial charge >= 0.3 is 0 Å². The summed E-state index contributed by atoms with van der Waals surface area (Å²) < 4.78 is 0. The number of anilines is 1. The van der Waals surface area contributed by atoms with Gasteiger partial charge in [0.25, 0.3) is 5.69 Å². The van der Waals surface area contributed by atoms with Crippen LogP contribution in [0, 0.1) is 21.4 Å². The largest absolute Gasteiger partial charge is 0.372 e. The highest BCUT2D eigenvalue weighted by Gasteiger charge is 2.20. The van der Waals surface area contributed by atoms with Crippen LogP contribution in [0.15, 0.2) is 23.2 Å². The van der Waals surface area contributed by atoms with Gasteiger partial charge in [-0.2, -0.15) is 5.26 Å². The number of fused-ring (bicyclic) bond motifs is 1. The molecule has 0 fully saturated rings. The van der Waals surface area contributed by atoms with Crippen LogP contribution in [0.2, 0.25) is 0 Å². The molecule has 1 aliphatic carbocycles. The number of thiophene rings is 1. The molecule has 0 atom stereocenters. The topological polar surface area (TPSA) is 82.5 Å². The van der Waals surface area contributed by atoms with Crippen LogP contribution in [0.5, 0.6) is 0 Å². The number of nitriles is 1. The number of aliphatic imine (C=N–C) groups is 1. The molecule has 140 valence electrons. The van der Waals surface area contributed by atoms with Crippen LogP contribution >= 0.6 is 11.3 Å². The number of aryl methyl sites for hydroxylation is 1. The van der Waals surface area contributed by atoms with Gasteiger partial charge in [-0.25, -0.2) is 4.99 Å². The van der Waals surface area contributed by atoms with E-state index < -0.39 is 4.92 Å². The van der Waals surface area contributed by atoms with E-state index in [2.05, 4.69) is 16.0 Å². The molecule has 7 heteroatoms. The van der Waals surface area contributed by atoms with Crippen molar-refractivity contribution in [2.24, 2.45) is 4.99 Å². The summed E-state index contributed by atoms with van der Waals surface area (Å²) in [7, 11) is 0. The molecule has 0 radical (unpaired) electrons. The first kappa shape index (κ1) is 19.1. The van der Waals surface area contributed by atoms with E-state index in [1.54, 1.807) is 29.7 Å². The van der Waals surface area contributed by atoms with Gasteiger partial charge in [-0.15, -0.1) is 11.3 Å². The second kappa shape index (κ2) is 8.31. The van der Waals surface area contributed by atoms with Crippen molar-refractivity contribution >= 4 is 33.9 Å². The van der Waals surface area contributed by atoms with Crippen molar-refractivity contribution in [1.29, 1.82) is 5.26 Å². The molecule has 0 saturated heterocycles. The number of nitrogens with zero attached hydrogens (tertiary/aromatic N) is 4. The summed E-state index contributed by atoms with van der Waals surface area (Å²) in [5.41, 5.74) is 3.46. The van der Waals surface area contributed by atoms with Crippen molar-refractivity contribution in [1.82, 2.24) is 0 Å². The van der Waals surface area contributed by atoms with Crippen molar-refractivity contribution < 1.29 is 4.92 Å². The molecule has 0 amide bonds. The average Bonchev–Trinajstić information content (AvgIpc) is 3.05. The smallest absolute Gasteiger partial charge is 0.270 e. The van der Waals surface area contributed by atoms with E-state index in [0.29, 0.717) is 16.1 Å². The summed E-state index contributed by atoms with van der Waals surface area (Å²) in [5.74, 6) is 0. The average molecular weight is 382 g/mol. The first-order valence-corrected chi connectivity index (χ1v) is 10.0. The van der Waals surface area contributed by atoms with Crippen molar-refractivity contribution in [2.75, 3.05) is 18.0 Å². The van der Waals surface area contributed by atoms with Gasteiger partial charge in [-0.05, 0) is 51.2 Å². The van der Waals surface area contributed by atoms with E-state index in [9.17, 15) is 15.4 Å². The van der Waals surface area contributed by atoms with Crippen LogP contribution in [-0.2, 0) is 12.8 Å². The number of non-ortho nitro benzene ring substituents is 1. The number of benzene rings is 1. The summed E-state index contributed by atoms with van der Waals surface area (Å²) in [6.45, 7) is 5.69. The lowest BCUT2D eigenvalue weighted by Crippen LogP contribution is -2.23. The number of nitro groups is 1. The quantitative estimate of drug-likeness (QED) is 0.400. The van der Waals surface area contributed by atoms with Gasteiger partial charge in [0.1, 0.15) is 11.1 Å². The Kier molecular flexibility index (Phi) is 5.87. The molecule has 1 aliphatic rings. The zero-order chi connectivity index (χ0) is 19.4. The molecule has 0 unspecified atom stereocenters. The SMILES string of the molecule is CCN(CC)c1ccc([N+](=O)[O-])cc1C=Nc1sc2c(c1C#N)CCCC2. The number of nitro benzene ring substituents is 1. The summed E-state index contributed by atoms with van der Waals surface area (Å²) in [4.78, 5) is 18.8. The van der Waals surface area contributed by atoms with Crippen LogP contribution < -0.4 is 4.90 Å². The third kappa shape index (κ3) is 3.86. The molecule has 1 aromatic carbocycles. The predicted octanol–water partition coefficient (Wildman–Crippen LogP) is 5.00. The highest BCUT2D eigenvalue weighted by atomic mass is 32.1. The molecule has 27 heavy (non-hydrogen) atoms.